The lowest BCUT2D eigenvalue weighted by atomic mass is 10.0. The average molecular weight is 449 g/mol. The molecule has 1 amide bonds. The third-order valence-corrected chi connectivity index (χ3v) is 5.44. The molecule has 0 aliphatic carbocycles. The molecule has 2 aromatic heterocycles. The molecule has 0 N–H and O–H groups in total. The highest BCUT2D eigenvalue weighted by Crippen LogP contribution is 2.32. The normalized spacial score (nSPS) is 15.6. The van der Waals surface area contributed by atoms with Gasteiger partial charge < -0.3 is 4.90 Å². The molecule has 150 valence electrons. The van der Waals surface area contributed by atoms with Crippen LogP contribution in [0.25, 0.3) is 0 Å². The smallest absolute Gasteiger partial charge is 0.276 e. The Hall–Kier alpha value is -2.35. The molecule has 6 nitrogen and oxygen atoms in total. The van der Waals surface area contributed by atoms with Crippen molar-refractivity contribution in [3.8, 4) is 0 Å². The zero-order chi connectivity index (χ0) is 19.8. The second-order valence-corrected chi connectivity index (χ2v) is 7.46. The summed E-state index contributed by atoms with van der Waals surface area (Å²) in [6, 6.07) is 10.2. The Morgan fingerprint density at radius 1 is 1.21 bits per heavy atom. The van der Waals surface area contributed by atoms with Gasteiger partial charge in [-0.3, -0.25) is 19.3 Å². The lowest BCUT2D eigenvalue weighted by molar-refractivity contribution is 0.0951. The number of Topliss-reactive ketones (excluding diaryl/α,β-unsaturated/α-hetero) is 1. The van der Waals surface area contributed by atoms with Gasteiger partial charge in [0.2, 0.25) is 0 Å². The molecule has 0 saturated carbocycles. The number of fused-ring (bicyclic) bond motifs is 1. The standard InChI is InChI=1S/C20H16Cl2N4O2.H2S/c1-12-11-25(14-5-6-15(21)16(22)9-14)20(28)19-13(10-24-26(12)19)8-18(27)17-4-2-3-7-23-17;/h2-7,9-10,12H,8,11H2,1H3;1H2/t12-;/m0./s1. The third-order valence-electron chi connectivity index (χ3n) is 4.70. The fourth-order valence-electron chi connectivity index (χ4n) is 3.32. The van der Waals surface area contributed by atoms with Crippen molar-refractivity contribution in [1.82, 2.24) is 14.8 Å². The van der Waals surface area contributed by atoms with Crippen molar-refractivity contribution in [2.24, 2.45) is 0 Å². The number of amides is 1. The van der Waals surface area contributed by atoms with Crippen LogP contribution >= 0.6 is 36.7 Å². The molecule has 9 heteroatoms. The molecule has 1 aromatic carbocycles. The van der Waals surface area contributed by atoms with Crippen LogP contribution in [0.1, 0.15) is 39.5 Å². The van der Waals surface area contributed by atoms with Gasteiger partial charge in [0, 0.05) is 30.4 Å². The lowest BCUT2D eigenvalue weighted by Gasteiger charge is -2.32. The number of ketones is 1. The van der Waals surface area contributed by atoms with Crippen molar-refractivity contribution >= 4 is 54.1 Å². The molecule has 4 rings (SSSR count). The van der Waals surface area contributed by atoms with Crippen LogP contribution in [0, 0.1) is 0 Å². The largest absolute Gasteiger partial charge is 0.305 e. The summed E-state index contributed by atoms with van der Waals surface area (Å²) < 4.78 is 1.68. The number of halogens is 2. The number of hydrogen-bond donors (Lipinski definition) is 0. The number of carbonyl (C=O) groups is 2. The van der Waals surface area contributed by atoms with E-state index >= 15 is 0 Å². The van der Waals surface area contributed by atoms with Crippen LogP contribution in [0.3, 0.4) is 0 Å². The predicted octanol–water partition coefficient (Wildman–Crippen LogP) is 4.34. The molecular formula is C20H18Cl2N4O2S. The predicted molar refractivity (Wildman–Crippen MR) is 118 cm³/mol. The third kappa shape index (κ3) is 4.03. The van der Waals surface area contributed by atoms with Gasteiger partial charge in [-0.1, -0.05) is 29.3 Å². The first-order valence-electron chi connectivity index (χ1n) is 8.73. The van der Waals surface area contributed by atoms with E-state index in [1.54, 1.807) is 58.4 Å². The monoisotopic (exact) mass is 448 g/mol. The van der Waals surface area contributed by atoms with Gasteiger partial charge in [0.05, 0.1) is 22.3 Å². The van der Waals surface area contributed by atoms with Crippen LogP contribution in [0.15, 0.2) is 48.8 Å². The van der Waals surface area contributed by atoms with Crippen LogP contribution in [0.2, 0.25) is 10.0 Å². The maximum absolute atomic E-state index is 13.2. The van der Waals surface area contributed by atoms with Gasteiger partial charge in [-0.15, -0.1) is 0 Å². The van der Waals surface area contributed by atoms with E-state index in [0.29, 0.717) is 39.2 Å². The summed E-state index contributed by atoms with van der Waals surface area (Å²) in [5.74, 6) is -0.388. The van der Waals surface area contributed by atoms with Gasteiger partial charge in [0.15, 0.2) is 5.78 Å². The molecular weight excluding hydrogens is 431 g/mol. The average Bonchev–Trinajstić information content (AvgIpc) is 3.12. The van der Waals surface area contributed by atoms with Crippen LogP contribution in [-0.2, 0) is 6.42 Å². The fourth-order valence-corrected chi connectivity index (χ4v) is 3.61. The summed E-state index contributed by atoms with van der Waals surface area (Å²) in [5.41, 5.74) is 2.01. The number of pyridine rings is 1. The number of carbonyl (C=O) groups excluding carboxylic acids is 2. The number of benzene rings is 1. The van der Waals surface area contributed by atoms with E-state index in [1.807, 2.05) is 6.92 Å². The van der Waals surface area contributed by atoms with Crippen molar-refractivity contribution in [3.05, 3.63) is 75.8 Å². The molecule has 1 aliphatic heterocycles. The van der Waals surface area contributed by atoms with E-state index in [4.69, 9.17) is 23.2 Å². The Balaban J connectivity index is 0.00000240. The summed E-state index contributed by atoms with van der Waals surface area (Å²) in [6.45, 7) is 2.41. The maximum atomic E-state index is 13.2. The van der Waals surface area contributed by atoms with Gasteiger partial charge in [-0.25, -0.2) is 0 Å². The Bertz CT molecular complexity index is 1070. The molecule has 1 aliphatic rings. The van der Waals surface area contributed by atoms with E-state index in [9.17, 15) is 9.59 Å². The second kappa shape index (κ2) is 8.57. The van der Waals surface area contributed by atoms with Crippen molar-refractivity contribution < 1.29 is 9.59 Å². The van der Waals surface area contributed by atoms with Crippen molar-refractivity contribution in [2.75, 3.05) is 11.4 Å². The zero-order valence-electron chi connectivity index (χ0n) is 15.5. The first kappa shape index (κ1) is 21.4. The molecule has 0 saturated heterocycles. The summed E-state index contributed by atoms with van der Waals surface area (Å²) in [5, 5.41) is 5.15. The zero-order valence-corrected chi connectivity index (χ0v) is 18.0. The number of aromatic nitrogens is 3. The van der Waals surface area contributed by atoms with Gasteiger partial charge >= 0.3 is 0 Å². The first-order chi connectivity index (χ1) is 13.5. The number of rotatable bonds is 4. The summed E-state index contributed by atoms with van der Waals surface area (Å²) in [4.78, 5) is 31.5. The van der Waals surface area contributed by atoms with Crippen molar-refractivity contribution in [3.63, 3.8) is 0 Å². The topological polar surface area (TPSA) is 68.1 Å². The lowest BCUT2D eigenvalue weighted by Crippen LogP contribution is -2.43. The minimum atomic E-state index is -0.224. The van der Waals surface area contributed by atoms with Crippen LogP contribution < -0.4 is 4.90 Å². The summed E-state index contributed by atoms with van der Waals surface area (Å²) in [7, 11) is 0. The molecule has 0 radical (unpaired) electrons. The highest BCUT2D eigenvalue weighted by Gasteiger charge is 2.34. The molecule has 0 unspecified atom stereocenters. The number of hydrogen-bond acceptors (Lipinski definition) is 4. The Morgan fingerprint density at radius 2 is 2.00 bits per heavy atom. The summed E-state index contributed by atoms with van der Waals surface area (Å²) >= 11 is 12.1. The number of anilines is 1. The highest BCUT2D eigenvalue weighted by molar-refractivity contribution is 7.59. The Morgan fingerprint density at radius 3 is 2.69 bits per heavy atom. The minimum absolute atomic E-state index is 0. The van der Waals surface area contributed by atoms with Gasteiger partial charge in [0.25, 0.3) is 5.91 Å². The van der Waals surface area contributed by atoms with Crippen LogP contribution in [-0.4, -0.2) is 33.0 Å². The van der Waals surface area contributed by atoms with Crippen LogP contribution in [0.5, 0.6) is 0 Å². The molecule has 0 fully saturated rings. The summed E-state index contributed by atoms with van der Waals surface area (Å²) in [6.07, 6.45) is 3.21. The molecule has 1 atom stereocenters. The van der Waals surface area contributed by atoms with Gasteiger partial charge in [0.1, 0.15) is 11.4 Å². The SMILES string of the molecule is C[C@H]1CN(c2ccc(Cl)c(Cl)c2)C(=O)c2c(CC(=O)c3ccccn3)cnn21.S. The fraction of sp³-hybridized carbons (Fsp3) is 0.200. The highest BCUT2D eigenvalue weighted by atomic mass is 35.5. The van der Waals surface area contributed by atoms with Gasteiger partial charge in [-0.05, 0) is 37.3 Å². The van der Waals surface area contributed by atoms with E-state index in [1.165, 1.54) is 0 Å². The maximum Gasteiger partial charge on any atom is 0.276 e. The van der Waals surface area contributed by atoms with Crippen molar-refractivity contribution in [2.45, 2.75) is 19.4 Å². The molecule has 29 heavy (non-hydrogen) atoms. The Labute approximate surface area is 184 Å². The molecule has 3 aromatic rings. The number of nitrogens with zero attached hydrogens (tertiary/aromatic N) is 4. The minimum Gasteiger partial charge on any atom is -0.305 e. The molecule has 3 heterocycles. The van der Waals surface area contributed by atoms with Crippen molar-refractivity contribution in [1.29, 1.82) is 0 Å². The van der Waals surface area contributed by atoms with E-state index < -0.39 is 0 Å². The van der Waals surface area contributed by atoms with Crippen LogP contribution in [0.4, 0.5) is 5.69 Å². The quantitative estimate of drug-likeness (QED) is 0.556. The van der Waals surface area contributed by atoms with E-state index in [0.717, 1.165) is 0 Å². The second-order valence-electron chi connectivity index (χ2n) is 6.64. The molecule has 0 spiro atoms. The molecule has 0 bridgehead atoms. The first-order valence-corrected chi connectivity index (χ1v) is 9.49. The van der Waals surface area contributed by atoms with E-state index in [2.05, 4.69) is 10.1 Å². The Kier molecular flexibility index (Phi) is 6.31. The van der Waals surface area contributed by atoms with Gasteiger partial charge in [-0.2, -0.15) is 18.6 Å². The van der Waals surface area contributed by atoms with E-state index in [-0.39, 0.29) is 37.6 Å².